The highest BCUT2D eigenvalue weighted by Crippen LogP contribution is 2.08. The molecular formula is C18H38N2O. The van der Waals surface area contributed by atoms with Crippen LogP contribution >= 0.6 is 0 Å². The van der Waals surface area contributed by atoms with Crippen LogP contribution in [-0.2, 0) is 4.79 Å². The monoisotopic (exact) mass is 298 g/mol. The van der Waals surface area contributed by atoms with Gasteiger partial charge < -0.3 is 9.80 Å². The summed E-state index contributed by atoms with van der Waals surface area (Å²) in [6, 6.07) is 0.644. The SMILES string of the molecule is CCCCCN(C)C(=O)CCCCCCCN(C)C(C)C. The molecule has 0 aliphatic rings. The summed E-state index contributed by atoms with van der Waals surface area (Å²) in [6.07, 6.45) is 10.4. The van der Waals surface area contributed by atoms with Crippen LogP contribution in [0.3, 0.4) is 0 Å². The molecule has 126 valence electrons. The number of rotatable bonds is 13. The van der Waals surface area contributed by atoms with Crippen molar-refractivity contribution in [2.75, 3.05) is 27.2 Å². The number of hydrogen-bond donors (Lipinski definition) is 0. The molecule has 0 saturated heterocycles. The first kappa shape index (κ1) is 20.4. The summed E-state index contributed by atoms with van der Waals surface area (Å²) < 4.78 is 0. The maximum absolute atomic E-state index is 11.9. The van der Waals surface area contributed by atoms with E-state index in [-0.39, 0.29) is 0 Å². The van der Waals surface area contributed by atoms with Crippen LogP contribution in [0.25, 0.3) is 0 Å². The van der Waals surface area contributed by atoms with Crippen molar-refractivity contribution in [2.24, 2.45) is 0 Å². The molecule has 3 heteroatoms. The van der Waals surface area contributed by atoms with Crippen molar-refractivity contribution in [3.63, 3.8) is 0 Å². The Kier molecular flexibility index (Phi) is 12.8. The molecule has 21 heavy (non-hydrogen) atoms. The maximum atomic E-state index is 11.9. The summed E-state index contributed by atoms with van der Waals surface area (Å²) in [5.41, 5.74) is 0. The molecule has 0 fully saturated rings. The average Bonchev–Trinajstić information content (AvgIpc) is 2.45. The Hall–Kier alpha value is -0.570. The molecule has 0 N–H and O–H groups in total. The number of unbranched alkanes of at least 4 members (excludes halogenated alkanes) is 6. The molecule has 3 nitrogen and oxygen atoms in total. The molecule has 0 atom stereocenters. The molecular weight excluding hydrogens is 260 g/mol. The summed E-state index contributed by atoms with van der Waals surface area (Å²) in [6.45, 7) is 8.79. The van der Waals surface area contributed by atoms with Gasteiger partial charge in [-0.1, -0.05) is 39.0 Å². The van der Waals surface area contributed by atoms with Crippen molar-refractivity contribution in [2.45, 2.75) is 84.6 Å². The van der Waals surface area contributed by atoms with Crippen molar-refractivity contribution in [3.05, 3.63) is 0 Å². The predicted octanol–water partition coefficient (Wildman–Crippen LogP) is 4.32. The standard InChI is InChI=1S/C18H38N2O/c1-6-7-12-16-20(5)18(21)14-11-9-8-10-13-15-19(4)17(2)3/h17H,6-16H2,1-5H3. The lowest BCUT2D eigenvalue weighted by Crippen LogP contribution is -2.27. The average molecular weight is 299 g/mol. The second kappa shape index (κ2) is 13.1. The Morgan fingerprint density at radius 2 is 1.43 bits per heavy atom. The Morgan fingerprint density at radius 3 is 2.05 bits per heavy atom. The smallest absolute Gasteiger partial charge is 0.222 e. The van der Waals surface area contributed by atoms with Gasteiger partial charge in [0.1, 0.15) is 0 Å². The Morgan fingerprint density at radius 1 is 0.857 bits per heavy atom. The Balaban J connectivity index is 3.43. The van der Waals surface area contributed by atoms with Gasteiger partial charge in [-0.15, -0.1) is 0 Å². The third-order valence-corrected chi connectivity index (χ3v) is 4.31. The zero-order valence-corrected chi connectivity index (χ0v) is 15.2. The highest BCUT2D eigenvalue weighted by molar-refractivity contribution is 5.75. The lowest BCUT2D eigenvalue weighted by Gasteiger charge is -2.20. The highest BCUT2D eigenvalue weighted by Gasteiger charge is 2.07. The zero-order chi connectivity index (χ0) is 16.1. The highest BCUT2D eigenvalue weighted by atomic mass is 16.2. The molecule has 0 aliphatic heterocycles. The molecule has 0 bridgehead atoms. The van der Waals surface area contributed by atoms with Crippen LogP contribution < -0.4 is 0 Å². The van der Waals surface area contributed by atoms with Crippen molar-refractivity contribution < 1.29 is 4.79 Å². The van der Waals surface area contributed by atoms with Gasteiger partial charge in [-0.25, -0.2) is 0 Å². The van der Waals surface area contributed by atoms with Crippen LogP contribution in [0.2, 0.25) is 0 Å². The van der Waals surface area contributed by atoms with E-state index in [4.69, 9.17) is 0 Å². The van der Waals surface area contributed by atoms with E-state index in [0.717, 1.165) is 25.8 Å². The van der Waals surface area contributed by atoms with E-state index in [1.165, 1.54) is 45.1 Å². The fraction of sp³-hybridized carbons (Fsp3) is 0.944. The first-order valence-electron chi connectivity index (χ1n) is 8.93. The lowest BCUT2D eigenvalue weighted by atomic mass is 10.1. The predicted molar refractivity (Wildman–Crippen MR) is 92.6 cm³/mol. The first-order chi connectivity index (χ1) is 9.99. The fourth-order valence-electron chi connectivity index (χ4n) is 2.34. The van der Waals surface area contributed by atoms with E-state index in [2.05, 4.69) is 32.7 Å². The Bertz CT molecular complexity index is 254. The van der Waals surface area contributed by atoms with E-state index in [9.17, 15) is 4.79 Å². The van der Waals surface area contributed by atoms with E-state index in [1.807, 2.05) is 11.9 Å². The summed E-state index contributed by atoms with van der Waals surface area (Å²) in [4.78, 5) is 16.2. The second-order valence-electron chi connectivity index (χ2n) is 6.61. The normalized spacial score (nSPS) is 11.4. The molecule has 0 aromatic carbocycles. The number of amides is 1. The van der Waals surface area contributed by atoms with Crippen LogP contribution in [0, 0.1) is 0 Å². The quantitative estimate of drug-likeness (QED) is 0.473. The molecule has 0 heterocycles. The minimum atomic E-state index is 0.325. The van der Waals surface area contributed by atoms with Crippen molar-refractivity contribution >= 4 is 5.91 Å². The molecule has 0 radical (unpaired) electrons. The molecule has 1 amide bonds. The van der Waals surface area contributed by atoms with Crippen LogP contribution in [0.5, 0.6) is 0 Å². The van der Waals surface area contributed by atoms with Crippen molar-refractivity contribution in [3.8, 4) is 0 Å². The Labute approximate surface area is 133 Å². The molecule has 0 aliphatic carbocycles. The van der Waals surface area contributed by atoms with Crippen molar-refractivity contribution in [1.82, 2.24) is 9.80 Å². The van der Waals surface area contributed by atoms with E-state index in [0.29, 0.717) is 11.9 Å². The maximum Gasteiger partial charge on any atom is 0.222 e. The second-order valence-corrected chi connectivity index (χ2v) is 6.61. The molecule has 0 unspecified atom stereocenters. The summed E-state index contributed by atoms with van der Waals surface area (Å²) in [7, 11) is 4.14. The van der Waals surface area contributed by atoms with Gasteiger partial charge in [-0.2, -0.15) is 0 Å². The lowest BCUT2D eigenvalue weighted by molar-refractivity contribution is -0.130. The van der Waals surface area contributed by atoms with Gasteiger partial charge >= 0.3 is 0 Å². The zero-order valence-electron chi connectivity index (χ0n) is 15.2. The fourth-order valence-corrected chi connectivity index (χ4v) is 2.34. The van der Waals surface area contributed by atoms with E-state index >= 15 is 0 Å². The van der Waals surface area contributed by atoms with Gasteiger partial charge in [0.2, 0.25) is 5.91 Å². The van der Waals surface area contributed by atoms with Gasteiger partial charge in [0.05, 0.1) is 0 Å². The van der Waals surface area contributed by atoms with Crippen LogP contribution in [0.4, 0.5) is 0 Å². The molecule has 0 saturated carbocycles. The number of hydrogen-bond acceptors (Lipinski definition) is 2. The van der Waals surface area contributed by atoms with Crippen molar-refractivity contribution in [1.29, 1.82) is 0 Å². The summed E-state index contributed by atoms with van der Waals surface area (Å²) in [5, 5.41) is 0. The van der Waals surface area contributed by atoms with E-state index < -0.39 is 0 Å². The summed E-state index contributed by atoms with van der Waals surface area (Å²) >= 11 is 0. The van der Waals surface area contributed by atoms with Crippen LogP contribution in [-0.4, -0.2) is 48.9 Å². The third kappa shape index (κ3) is 11.7. The summed E-state index contributed by atoms with van der Waals surface area (Å²) in [5.74, 6) is 0.325. The minimum absolute atomic E-state index is 0.325. The molecule has 0 aromatic rings. The first-order valence-corrected chi connectivity index (χ1v) is 8.93. The molecule has 0 aromatic heterocycles. The topological polar surface area (TPSA) is 23.6 Å². The largest absolute Gasteiger partial charge is 0.346 e. The number of carbonyl (C=O) groups excluding carboxylic acids is 1. The van der Waals surface area contributed by atoms with Gasteiger partial charge in [0.15, 0.2) is 0 Å². The van der Waals surface area contributed by atoms with Gasteiger partial charge in [-0.3, -0.25) is 4.79 Å². The minimum Gasteiger partial charge on any atom is -0.346 e. The van der Waals surface area contributed by atoms with Gasteiger partial charge in [-0.05, 0) is 46.7 Å². The van der Waals surface area contributed by atoms with Crippen LogP contribution in [0.15, 0.2) is 0 Å². The van der Waals surface area contributed by atoms with E-state index in [1.54, 1.807) is 0 Å². The van der Waals surface area contributed by atoms with Crippen LogP contribution in [0.1, 0.15) is 78.6 Å². The van der Waals surface area contributed by atoms with Gasteiger partial charge in [0, 0.05) is 26.1 Å². The number of nitrogens with zero attached hydrogens (tertiary/aromatic N) is 2. The molecule has 0 rings (SSSR count). The molecule has 0 spiro atoms. The third-order valence-electron chi connectivity index (χ3n) is 4.31. The van der Waals surface area contributed by atoms with Gasteiger partial charge in [0.25, 0.3) is 0 Å². The number of carbonyl (C=O) groups is 1.